The normalized spacial score (nSPS) is 13.1. The molecule has 0 amide bonds. The number of hydrogen-bond donors (Lipinski definition) is 2. The zero-order valence-corrected chi connectivity index (χ0v) is 18.1. The summed E-state index contributed by atoms with van der Waals surface area (Å²) in [5.74, 6) is 6.66. The summed E-state index contributed by atoms with van der Waals surface area (Å²) in [6.45, 7) is 0.632. The number of nitrogens with zero attached hydrogens (tertiary/aromatic N) is 2. The Morgan fingerprint density at radius 2 is 1.64 bits per heavy atom. The van der Waals surface area contributed by atoms with Gasteiger partial charge in [-0.15, -0.1) is 0 Å². The number of allylic oxidation sites excluding steroid dienone is 3. The highest BCUT2D eigenvalue weighted by molar-refractivity contribution is 5.82. The first-order valence-corrected chi connectivity index (χ1v) is 10.6. The van der Waals surface area contributed by atoms with Crippen molar-refractivity contribution in [3.05, 3.63) is 107 Å². The topological polar surface area (TPSA) is 95.8 Å². The molecule has 0 bridgehead atoms. The molecule has 6 nitrogen and oxygen atoms in total. The fraction of sp³-hybridized carbons (Fsp3) is 0.154. The molecule has 0 saturated heterocycles. The van der Waals surface area contributed by atoms with E-state index in [1.54, 1.807) is 6.08 Å². The summed E-state index contributed by atoms with van der Waals surface area (Å²) in [6.07, 6.45) is 6.18. The van der Waals surface area contributed by atoms with Crippen molar-refractivity contribution in [3.63, 3.8) is 0 Å². The molecule has 1 aliphatic rings. The number of pyridine rings is 1. The van der Waals surface area contributed by atoms with Gasteiger partial charge in [-0.25, -0.2) is 9.37 Å². The summed E-state index contributed by atoms with van der Waals surface area (Å²) in [4.78, 5) is 4.43. The molecule has 7 heteroatoms. The zero-order chi connectivity index (χ0) is 23.0. The minimum absolute atomic E-state index is 0.242. The van der Waals surface area contributed by atoms with Crippen LogP contribution in [0.3, 0.4) is 0 Å². The van der Waals surface area contributed by atoms with E-state index < -0.39 is 0 Å². The van der Waals surface area contributed by atoms with Crippen LogP contribution in [-0.4, -0.2) is 10.8 Å². The van der Waals surface area contributed by atoms with E-state index in [-0.39, 0.29) is 12.4 Å². The maximum atomic E-state index is 14.2. The molecular formula is C26H25FN4O2. The number of fused-ring (bicyclic) bond motifs is 1. The minimum Gasteiger partial charge on any atom is -0.489 e. The molecule has 0 saturated carbocycles. The second kappa shape index (κ2) is 10.5. The molecule has 0 atom stereocenters. The molecule has 0 fully saturated rings. The first-order valence-electron chi connectivity index (χ1n) is 10.6. The van der Waals surface area contributed by atoms with E-state index >= 15 is 0 Å². The lowest BCUT2D eigenvalue weighted by atomic mass is 10.0. The number of halogens is 1. The molecule has 33 heavy (non-hydrogen) atoms. The Morgan fingerprint density at radius 3 is 2.36 bits per heavy atom. The van der Waals surface area contributed by atoms with E-state index in [1.165, 1.54) is 6.08 Å². The van der Waals surface area contributed by atoms with Crippen LogP contribution in [0.1, 0.15) is 28.1 Å². The molecule has 3 aromatic rings. The van der Waals surface area contributed by atoms with E-state index in [4.69, 9.17) is 21.1 Å². The van der Waals surface area contributed by atoms with Gasteiger partial charge in [0.1, 0.15) is 42.1 Å². The Labute approximate surface area is 192 Å². The van der Waals surface area contributed by atoms with Gasteiger partial charge < -0.3 is 21.1 Å². The summed E-state index contributed by atoms with van der Waals surface area (Å²) in [5.41, 5.74) is 9.69. The van der Waals surface area contributed by atoms with Crippen LogP contribution in [0.25, 0.3) is 5.83 Å². The highest BCUT2D eigenvalue weighted by Crippen LogP contribution is 2.24. The Bertz CT molecular complexity index is 1200. The number of hydrazone groups is 1. The van der Waals surface area contributed by atoms with Crippen LogP contribution in [0.5, 0.6) is 11.5 Å². The molecule has 0 radical (unpaired) electrons. The fourth-order valence-electron chi connectivity index (χ4n) is 3.47. The molecule has 0 unspecified atom stereocenters. The van der Waals surface area contributed by atoms with Crippen LogP contribution in [0, 0.1) is 0 Å². The quantitative estimate of drug-likeness (QED) is 0.232. The van der Waals surface area contributed by atoms with Crippen molar-refractivity contribution in [2.75, 3.05) is 0 Å². The Balaban J connectivity index is 1.34. The number of amidine groups is 1. The van der Waals surface area contributed by atoms with Gasteiger partial charge in [-0.3, -0.25) is 0 Å². The first-order chi connectivity index (χ1) is 16.1. The lowest BCUT2D eigenvalue weighted by molar-refractivity contribution is 0.294. The molecule has 0 aliphatic heterocycles. The van der Waals surface area contributed by atoms with Crippen LogP contribution in [-0.2, 0) is 26.1 Å². The fourth-order valence-corrected chi connectivity index (χ4v) is 3.47. The van der Waals surface area contributed by atoms with Gasteiger partial charge in [-0.1, -0.05) is 42.5 Å². The Hall–Kier alpha value is -4.13. The van der Waals surface area contributed by atoms with Crippen molar-refractivity contribution in [2.24, 2.45) is 16.7 Å². The SMILES string of the molecule is N/N=C(\N)Cc1ccccc1COc1ccc(OCc2ccc3c(n2)C(F)=CC=CC3)cc1. The monoisotopic (exact) mass is 444 g/mol. The summed E-state index contributed by atoms with van der Waals surface area (Å²) in [6, 6.07) is 18.9. The zero-order valence-electron chi connectivity index (χ0n) is 18.1. The third-order valence-corrected chi connectivity index (χ3v) is 5.24. The second-order valence-corrected chi connectivity index (χ2v) is 7.57. The lowest BCUT2D eigenvalue weighted by Crippen LogP contribution is -2.18. The molecule has 4 rings (SSSR count). The van der Waals surface area contributed by atoms with Gasteiger partial charge in [0.05, 0.1) is 5.69 Å². The van der Waals surface area contributed by atoms with Crippen molar-refractivity contribution in [2.45, 2.75) is 26.1 Å². The van der Waals surface area contributed by atoms with Crippen LogP contribution in [0.2, 0.25) is 0 Å². The Morgan fingerprint density at radius 1 is 0.939 bits per heavy atom. The summed E-state index contributed by atoms with van der Waals surface area (Å²) < 4.78 is 25.9. The van der Waals surface area contributed by atoms with Crippen LogP contribution >= 0.6 is 0 Å². The number of hydrogen-bond acceptors (Lipinski definition) is 5. The molecule has 4 N–H and O–H groups in total. The number of aromatic nitrogens is 1. The third kappa shape index (κ3) is 5.77. The standard InChI is InChI=1S/C26H25FN4O2/c27-24-8-4-3-5-18-9-10-21(30-26(18)24)17-33-23-13-11-22(12-14-23)32-16-20-7-2-1-6-19(20)15-25(28)31-29/h1-4,6-14H,5,15-17,29H2,(H2,28,31). The van der Waals surface area contributed by atoms with Crippen LogP contribution < -0.4 is 21.1 Å². The first kappa shape index (κ1) is 22.1. The largest absolute Gasteiger partial charge is 0.489 e. The van der Waals surface area contributed by atoms with E-state index in [1.807, 2.05) is 66.7 Å². The molecule has 1 aliphatic carbocycles. The Kier molecular flexibility index (Phi) is 6.99. The number of nitrogens with two attached hydrogens (primary N) is 2. The van der Waals surface area contributed by atoms with E-state index in [0.29, 0.717) is 48.2 Å². The van der Waals surface area contributed by atoms with Gasteiger partial charge in [0.2, 0.25) is 0 Å². The van der Waals surface area contributed by atoms with Crippen molar-refractivity contribution < 1.29 is 13.9 Å². The van der Waals surface area contributed by atoms with Gasteiger partial charge in [0.15, 0.2) is 0 Å². The summed E-state index contributed by atoms with van der Waals surface area (Å²) in [7, 11) is 0. The molecule has 0 spiro atoms. The van der Waals surface area contributed by atoms with E-state index in [2.05, 4.69) is 10.1 Å². The van der Waals surface area contributed by atoms with E-state index in [0.717, 1.165) is 16.7 Å². The smallest absolute Gasteiger partial charge is 0.149 e. The molecule has 1 aromatic heterocycles. The van der Waals surface area contributed by atoms with Gasteiger partial charge in [0.25, 0.3) is 0 Å². The molecule has 2 aromatic carbocycles. The van der Waals surface area contributed by atoms with Crippen molar-refractivity contribution in [1.82, 2.24) is 4.98 Å². The predicted molar refractivity (Wildman–Crippen MR) is 127 cm³/mol. The van der Waals surface area contributed by atoms with Gasteiger partial charge in [-0.05, 0) is 59.5 Å². The average molecular weight is 445 g/mol. The van der Waals surface area contributed by atoms with Gasteiger partial charge >= 0.3 is 0 Å². The number of ether oxygens (including phenoxy) is 2. The number of benzene rings is 2. The van der Waals surface area contributed by atoms with Crippen molar-refractivity contribution in [1.29, 1.82) is 0 Å². The third-order valence-electron chi connectivity index (χ3n) is 5.24. The van der Waals surface area contributed by atoms with Gasteiger partial charge in [0, 0.05) is 6.42 Å². The lowest BCUT2D eigenvalue weighted by Gasteiger charge is -2.12. The van der Waals surface area contributed by atoms with E-state index in [9.17, 15) is 4.39 Å². The van der Waals surface area contributed by atoms with Crippen molar-refractivity contribution >= 4 is 11.7 Å². The molecule has 1 heterocycles. The maximum Gasteiger partial charge on any atom is 0.149 e. The average Bonchev–Trinajstić information content (AvgIpc) is 3.03. The summed E-state index contributed by atoms with van der Waals surface area (Å²) >= 11 is 0. The minimum atomic E-state index is -0.332. The van der Waals surface area contributed by atoms with Crippen LogP contribution in [0.4, 0.5) is 4.39 Å². The van der Waals surface area contributed by atoms with Gasteiger partial charge in [-0.2, -0.15) is 5.10 Å². The second-order valence-electron chi connectivity index (χ2n) is 7.57. The highest BCUT2D eigenvalue weighted by atomic mass is 19.1. The molecule has 168 valence electrons. The van der Waals surface area contributed by atoms with Crippen molar-refractivity contribution in [3.8, 4) is 11.5 Å². The highest BCUT2D eigenvalue weighted by Gasteiger charge is 2.12. The van der Waals surface area contributed by atoms with Crippen LogP contribution in [0.15, 0.2) is 84.0 Å². The summed E-state index contributed by atoms with van der Waals surface area (Å²) in [5, 5.41) is 3.53. The number of rotatable bonds is 8. The maximum absolute atomic E-state index is 14.2. The molecular weight excluding hydrogens is 419 g/mol. The predicted octanol–water partition coefficient (Wildman–Crippen LogP) is 4.44.